The van der Waals surface area contributed by atoms with E-state index < -0.39 is 16.0 Å². The number of sulfonamides is 1. The maximum Gasteiger partial charge on any atom is 0.330 e. The second kappa shape index (κ2) is 5.38. The molecule has 0 N–H and O–H groups in total. The highest BCUT2D eigenvalue weighted by Crippen LogP contribution is 2.36. The Labute approximate surface area is 118 Å². The summed E-state index contributed by atoms with van der Waals surface area (Å²) >= 11 is 0. The minimum atomic E-state index is -3.51. The van der Waals surface area contributed by atoms with Crippen molar-refractivity contribution in [2.24, 2.45) is 0 Å². The fourth-order valence-corrected chi connectivity index (χ4v) is 3.85. The topological polar surface area (TPSA) is 63.5 Å². The zero-order chi connectivity index (χ0) is 14.9. The van der Waals surface area contributed by atoms with Crippen LogP contribution in [0.5, 0.6) is 0 Å². The molecule has 2 rings (SSSR count). The molecule has 0 amide bonds. The van der Waals surface area contributed by atoms with Crippen LogP contribution in [0.15, 0.2) is 41.3 Å². The molecule has 1 fully saturated rings. The van der Waals surface area contributed by atoms with Crippen molar-refractivity contribution in [2.75, 3.05) is 7.11 Å². The summed E-state index contributed by atoms with van der Waals surface area (Å²) in [5.41, 5.74) is 1.00. The molecule has 108 valence electrons. The molecule has 0 aliphatic carbocycles. The number of hydrogen-bond acceptors (Lipinski definition) is 4. The third-order valence-corrected chi connectivity index (χ3v) is 5.33. The van der Waals surface area contributed by atoms with E-state index in [0.717, 1.165) is 5.56 Å². The van der Waals surface area contributed by atoms with Gasteiger partial charge in [-0.2, -0.15) is 4.31 Å². The van der Waals surface area contributed by atoms with E-state index in [9.17, 15) is 13.2 Å². The van der Waals surface area contributed by atoms with E-state index in [1.54, 1.807) is 37.3 Å². The lowest BCUT2D eigenvalue weighted by Crippen LogP contribution is -2.15. The predicted octanol–water partition coefficient (Wildman–Crippen LogP) is 1.49. The average molecular weight is 295 g/mol. The highest BCUT2D eigenvalue weighted by molar-refractivity contribution is 7.89. The van der Waals surface area contributed by atoms with Gasteiger partial charge in [0.2, 0.25) is 10.0 Å². The average Bonchev–Trinajstić information content (AvgIpc) is 3.07. The molecule has 6 heteroatoms. The van der Waals surface area contributed by atoms with Crippen LogP contribution in [0.25, 0.3) is 0 Å². The van der Waals surface area contributed by atoms with Crippen molar-refractivity contribution in [2.45, 2.75) is 30.8 Å². The zero-order valence-electron chi connectivity index (χ0n) is 11.6. The number of rotatable bonds is 4. The fourth-order valence-electron chi connectivity index (χ4n) is 2.05. The van der Waals surface area contributed by atoms with Gasteiger partial charge in [0, 0.05) is 12.1 Å². The third-order valence-electron chi connectivity index (χ3n) is 3.33. The van der Waals surface area contributed by atoms with Crippen LogP contribution in [0, 0.1) is 6.92 Å². The normalized spacial score (nSPS) is 25.6. The Morgan fingerprint density at radius 1 is 1.30 bits per heavy atom. The molecule has 5 nitrogen and oxygen atoms in total. The summed E-state index contributed by atoms with van der Waals surface area (Å²) in [6.45, 7) is 3.70. The van der Waals surface area contributed by atoms with E-state index in [1.165, 1.54) is 17.5 Å². The van der Waals surface area contributed by atoms with Crippen molar-refractivity contribution in [3.8, 4) is 0 Å². The molecule has 1 saturated heterocycles. The quantitative estimate of drug-likeness (QED) is 0.479. The lowest BCUT2D eigenvalue weighted by Gasteiger charge is -2.05. The van der Waals surface area contributed by atoms with Gasteiger partial charge in [-0.05, 0) is 26.0 Å². The van der Waals surface area contributed by atoms with Crippen molar-refractivity contribution in [3.63, 3.8) is 0 Å². The number of ether oxygens (including phenoxy) is 1. The first kappa shape index (κ1) is 14.7. The molecule has 1 aliphatic heterocycles. The summed E-state index contributed by atoms with van der Waals surface area (Å²) in [6, 6.07) is 6.27. The summed E-state index contributed by atoms with van der Waals surface area (Å²) in [5.74, 6) is -0.489. The molecule has 0 radical (unpaired) electrons. The van der Waals surface area contributed by atoms with Crippen LogP contribution in [-0.4, -0.2) is 37.9 Å². The third kappa shape index (κ3) is 2.76. The Morgan fingerprint density at radius 2 is 1.90 bits per heavy atom. The highest BCUT2D eigenvalue weighted by atomic mass is 32.2. The summed E-state index contributed by atoms with van der Waals surface area (Å²) in [7, 11) is -2.22. The first-order valence-electron chi connectivity index (χ1n) is 6.24. The van der Waals surface area contributed by atoms with Crippen molar-refractivity contribution >= 4 is 16.0 Å². The van der Waals surface area contributed by atoms with Crippen LogP contribution in [0.4, 0.5) is 0 Å². The molecule has 1 unspecified atom stereocenters. The number of aryl methyl sites for hydroxylation is 1. The summed E-state index contributed by atoms with van der Waals surface area (Å²) in [6.07, 6.45) is 2.81. The molecular weight excluding hydrogens is 278 g/mol. The minimum absolute atomic E-state index is 0.151. The maximum atomic E-state index is 12.4. The minimum Gasteiger partial charge on any atom is -0.466 e. The summed E-state index contributed by atoms with van der Waals surface area (Å²) in [4.78, 5) is 11.3. The second-order valence-corrected chi connectivity index (χ2v) is 6.60. The smallest absolute Gasteiger partial charge is 0.330 e. The molecule has 20 heavy (non-hydrogen) atoms. The van der Waals surface area contributed by atoms with Gasteiger partial charge in [0.1, 0.15) is 0 Å². The molecular formula is C14H17NO4S. The van der Waals surface area contributed by atoms with Gasteiger partial charge in [-0.25, -0.2) is 13.2 Å². The summed E-state index contributed by atoms with van der Waals surface area (Å²) < 4.78 is 30.7. The van der Waals surface area contributed by atoms with Crippen molar-refractivity contribution in [3.05, 3.63) is 42.0 Å². The van der Waals surface area contributed by atoms with E-state index in [1.807, 2.05) is 6.92 Å². The number of esters is 1. The Balaban J connectivity index is 2.18. The molecule has 1 aliphatic rings. The Kier molecular flexibility index (Phi) is 3.96. The van der Waals surface area contributed by atoms with Gasteiger partial charge in [-0.3, -0.25) is 0 Å². The molecule has 1 aromatic carbocycles. The Bertz CT molecular complexity index is 634. The van der Waals surface area contributed by atoms with Crippen LogP contribution >= 0.6 is 0 Å². The van der Waals surface area contributed by atoms with Gasteiger partial charge >= 0.3 is 5.97 Å². The largest absolute Gasteiger partial charge is 0.466 e. The van der Waals surface area contributed by atoms with Gasteiger partial charge in [0.05, 0.1) is 18.0 Å². The molecule has 0 spiro atoms. The zero-order valence-corrected chi connectivity index (χ0v) is 12.4. The van der Waals surface area contributed by atoms with E-state index >= 15 is 0 Å². The highest BCUT2D eigenvalue weighted by Gasteiger charge is 2.51. The first-order chi connectivity index (χ1) is 9.37. The van der Waals surface area contributed by atoms with Crippen LogP contribution in [-0.2, 0) is 19.6 Å². The van der Waals surface area contributed by atoms with Gasteiger partial charge in [-0.15, -0.1) is 0 Å². The monoisotopic (exact) mass is 295 g/mol. The number of methoxy groups -OCH3 is 1. The number of hydrogen-bond donors (Lipinski definition) is 0. The van der Waals surface area contributed by atoms with Crippen molar-refractivity contribution in [1.82, 2.24) is 4.31 Å². The number of carbonyl (C=O) groups is 1. The fraction of sp³-hybridized carbons (Fsp3) is 0.357. The molecule has 1 heterocycles. The number of nitrogens with zero attached hydrogens (tertiary/aromatic N) is 1. The Morgan fingerprint density at radius 3 is 2.45 bits per heavy atom. The molecule has 0 saturated carbocycles. The van der Waals surface area contributed by atoms with Crippen molar-refractivity contribution in [1.29, 1.82) is 0 Å². The Hall–Kier alpha value is -1.66. The first-order valence-corrected chi connectivity index (χ1v) is 7.68. The van der Waals surface area contributed by atoms with Crippen LogP contribution in [0.2, 0.25) is 0 Å². The number of benzene rings is 1. The van der Waals surface area contributed by atoms with Gasteiger partial charge in [0.15, 0.2) is 0 Å². The molecule has 1 aromatic rings. The maximum absolute atomic E-state index is 12.4. The lowest BCUT2D eigenvalue weighted by atomic mass is 10.2. The number of carbonyl (C=O) groups excluding carboxylic acids is 1. The molecule has 0 aromatic heterocycles. The van der Waals surface area contributed by atoms with Gasteiger partial charge in [0.25, 0.3) is 0 Å². The summed E-state index contributed by atoms with van der Waals surface area (Å²) in [5, 5.41) is 0. The van der Waals surface area contributed by atoms with Gasteiger partial charge < -0.3 is 4.74 Å². The lowest BCUT2D eigenvalue weighted by molar-refractivity contribution is -0.134. The molecule has 0 bridgehead atoms. The van der Waals surface area contributed by atoms with Crippen LogP contribution < -0.4 is 0 Å². The standard InChI is InChI=1S/C14H17NO4S/c1-10-4-6-12(7-5-10)20(17,18)15-11(2)13(15)8-9-14(16)19-3/h4-9,11,13H,1-3H3/b9-8-/t11-,13+,15?/m0/s1. The van der Waals surface area contributed by atoms with Crippen molar-refractivity contribution < 1.29 is 17.9 Å². The van der Waals surface area contributed by atoms with Gasteiger partial charge in [-0.1, -0.05) is 23.8 Å². The van der Waals surface area contributed by atoms with E-state index in [-0.39, 0.29) is 17.0 Å². The van der Waals surface area contributed by atoms with E-state index in [2.05, 4.69) is 4.74 Å². The van der Waals surface area contributed by atoms with Crippen LogP contribution in [0.1, 0.15) is 12.5 Å². The second-order valence-electron chi connectivity index (χ2n) is 4.76. The van der Waals surface area contributed by atoms with Crippen LogP contribution in [0.3, 0.4) is 0 Å². The SMILES string of the molecule is COC(=O)/C=C\[C@@H]1[C@H](C)N1S(=O)(=O)c1ccc(C)cc1. The van der Waals surface area contributed by atoms with E-state index in [4.69, 9.17) is 0 Å². The predicted molar refractivity (Wildman–Crippen MR) is 74.6 cm³/mol. The molecule has 3 atom stereocenters. The van der Waals surface area contributed by atoms with E-state index in [0.29, 0.717) is 0 Å².